The van der Waals surface area contributed by atoms with Crippen molar-refractivity contribution in [3.63, 3.8) is 0 Å². The number of aliphatic imine (C=N–C) groups is 1. The van der Waals surface area contributed by atoms with Gasteiger partial charge in [-0.2, -0.15) is 0 Å². The first-order valence-electron chi connectivity index (χ1n) is 9.28. The predicted octanol–water partition coefficient (Wildman–Crippen LogP) is 2.90. The molecule has 1 aromatic heterocycles. The maximum absolute atomic E-state index is 4.76. The van der Waals surface area contributed by atoms with E-state index in [0.29, 0.717) is 13.1 Å². The minimum Gasteiger partial charge on any atom is -0.357 e. The average Bonchev–Trinajstić information content (AvgIpc) is 3.08. The Hall–Kier alpha value is -2.02. The van der Waals surface area contributed by atoms with Gasteiger partial charge in [0.2, 0.25) is 0 Å². The molecular formula is C19H28N6S. The monoisotopic (exact) mass is 372 g/mol. The van der Waals surface area contributed by atoms with Crippen molar-refractivity contribution < 1.29 is 0 Å². The largest absolute Gasteiger partial charge is 0.357 e. The summed E-state index contributed by atoms with van der Waals surface area (Å²) in [6.07, 6.45) is 5.56. The summed E-state index contributed by atoms with van der Waals surface area (Å²) in [5, 5.41) is 15.4. The summed E-state index contributed by atoms with van der Waals surface area (Å²) in [4.78, 5) is 6.05. The second-order valence-electron chi connectivity index (χ2n) is 6.51. The Bertz CT molecular complexity index is 767. The van der Waals surface area contributed by atoms with E-state index in [4.69, 9.17) is 4.99 Å². The molecule has 0 bridgehead atoms. The molecule has 1 aromatic carbocycles. The number of nitrogens with zero attached hydrogens (tertiary/aromatic N) is 4. The first-order chi connectivity index (χ1) is 12.7. The van der Waals surface area contributed by atoms with Crippen LogP contribution < -0.4 is 10.6 Å². The third kappa shape index (κ3) is 4.58. The number of guanidine groups is 1. The normalized spacial score (nSPS) is 14.2. The molecule has 0 fully saturated rings. The summed E-state index contributed by atoms with van der Waals surface area (Å²) in [5.74, 6) is 2.91. The van der Waals surface area contributed by atoms with Crippen LogP contribution in [0.2, 0.25) is 0 Å². The van der Waals surface area contributed by atoms with Gasteiger partial charge in [-0.05, 0) is 50.1 Å². The van der Waals surface area contributed by atoms with E-state index in [1.807, 2.05) is 0 Å². The highest BCUT2D eigenvalue weighted by molar-refractivity contribution is 7.98. The molecule has 1 aliphatic rings. The zero-order valence-electron chi connectivity index (χ0n) is 15.9. The van der Waals surface area contributed by atoms with E-state index in [1.54, 1.807) is 11.8 Å². The molecule has 0 aliphatic carbocycles. The number of rotatable bonds is 6. The lowest BCUT2D eigenvalue weighted by Gasteiger charge is -2.16. The fourth-order valence-electron chi connectivity index (χ4n) is 3.15. The van der Waals surface area contributed by atoms with Crippen LogP contribution in [0.3, 0.4) is 0 Å². The number of benzene rings is 1. The number of hydrogen-bond acceptors (Lipinski definition) is 4. The van der Waals surface area contributed by atoms with Crippen LogP contribution in [0.15, 0.2) is 28.1 Å². The standard InChI is InChI=1S/C19H28N6S/c1-4-20-19(21-12-15-9-8-14(2)11-16(15)26-3)22-13-18-24-23-17-7-5-6-10-25(17)18/h8-9,11H,4-7,10,12-13H2,1-3H3,(H2,20,21,22). The first-order valence-corrected chi connectivity index (χ1v) is 10.5. The molecule has 0 saturated carbocycles. The van der Waals surface area contributed by atoms with E-state index < -0.39 is 0 Å². The van der Waals surface area contributed by atoms with E-state index in [2.05, 4.69) is 63.7 Å². The second kappa shape index (κ2) is 9.07. The van der Waals surface area contributed by atoms with Gasteiger partial charge in [0.15, 0.2) is 11.8 Å². The van der Waals surface area contributed by atoms with Crippen LogP contribution >= 0.6 is 11.8 Å². The van der Waals surface area contributed by atoms with Crippen molar-refractivity contribution in [1.82, 2.24) is 25.4 Å². The number of thioether (sulfide) groups is 1. The van der Waals surface area contributed by atoms with Gasteiger partial charge in [0.05, 0.1) is 13.1 Å². The SMILES string of the molecule is CCNC(=NCc1ccc(C)cc1SC)NCc1nnc2n1CCCC2. The van der Waals surface area contributed by atoms with Crippen LogP contribution in [-0.2, 0) is 26.1 Å². The molecule has 2 aromatic rings. The summed E-state index contributed by atoms with van der Waals surface area (Å²) in [6.45, 7) is 7.35. The number of nitrogens with one attached hydrogen (secondary N) is 2. The van der Waals surface area contributed by atoms with Crippen LogP contribution in [0.1, 0.15) is 42.5 Å². The molecule has 1 aliphatic heterocycles. The highest BCUT2D eigenvalue weighted by atomic mass is 32.2. The maximum Gasteiger partial charge on any atom is 0.191 e. The highest BCUT2D eigenvalue weighted by Crippen LogP contribution is 2.22. The van der Waals surface area contributed by atoms with E-state index in [9.17, 15) is 0 Å². The Labute approximate surface area is 159 Å². The minimum absolute atomic E-state index is 0.641. The quantitative estimate of drug-likeness (QED) is 0.464. The minimum atomic E-state index is 0.641. The number of hydrogen-bond donors (Lipinski definition) is 2. The third-order valence-corrected chi connectivity index (χ3v) is 5.36. The van der Waals surface area contributed by atoms with Crippen molar-refractivity contribution in [3.8, 4) is 0 Å². The Morgan fingerprint density at radius 2 is 2.15 bits per heavy atom. The Morgan fingerprint density at radius 3 is 2.96 bits per heavy atom. The van der Waals surface area contributed by atoms with Gasteiger partial charge in [0.25, 0.3) is 0 Å². The summed E-state index contributed by atoms with van der Waals surface area (Å²) in [5.41, 5.74) is 2.53. The Kier molecular flexibility index (Phi) is 6.55. The van der Waals surface area contributed by atoms with Gasteiger partial charge in [-0.25, -0.2) is 4.99 Å². The van der Waals surface area contributed by atoms with Crippen molar-refractivity contribution >= 4 is 17.7 Å². The van der Waals surface area contributed by atoms with Gasteiger partial charge in [-0.1, -0.05) is 12.1 Å². The summed E-state index contributed by atoms with van der Waals surface area (Å²) >= 11 is 1.77. The zero-order chi connectivity index (χ0) is 18.4. The van der Waals surface area contributed by atoms with Crippen molar-refractivity contribution in [3.05, 3.63) is 41.0 Å². The average molecular weight is 373 g/mol. The number of aromatic nitrogens is 3. The van der Waals surface area contributed by atoms with Crippen LogP contribution in [0.5, 0.6) is 0 Å². The topological polar surface area (TPSA) is 67.1 Å². The van der Waals surface area contributed by atoms with Crippen LogP contribution in [0.4, 0.5) is 0 Å². The molecule has 0 atom stereocenters. The number of aryl methyl sites for hydroxylation is 2. The molecular weight excluding hydrogens is 344 g/mol. The molecule has 3 rings (SSSR count). The Morgan fingerprint density at radius 1 is 1.27 bits per heavy atom. The summed E-state index contributed by atoms with van der Waals surface area (Å²) in [7, 11) is 0. The lowest BCUT2D eigenvalue weighted by molar-refractivity contribution is 0.504. The molecule has 7 heteroatoms. The van der Waals surface area contributed by atoms with Gasteiger partial charge < -0.3 is 15.2 Å². The van der Waals surface area contributed by atoms with Crippen molar-refractivity contribution in [2.75, 3.05) is 12.8 Å². The molecule has 26 heavy (non-hydrogen) atoms. The molecule has 0 radical (unpaired) electrons. The van der Waals surface area contributed by atoms with Gasteiger partial charge >= 0.3 is 0 Å². The molecule has 0 saturated heterocycles. The molecule has 140 valence electrons. The predicted molar refractivity (Wildman–Crippen MR) is 108 cm³/mol. The zero-order valence-corrected chi connectivity index (χ0v) is 16.7. The van der Waals surface area contributed by atoms with Crippen LogP contribution in [0, 0.1) is 6.92 Å². The van der Waals surface area contributed by atoms with E-state index >= 15 is 0 Å². The van der Waals surface area contributed by atoms with Crippen LogP contribution in [0.25, 0.3) is 0 Å². The van der Waals surface area contributed by atoms with Crippen LogP contribution in [-0.4, -0.2) is 33.5 Å². The molecule has 0 spiro atoms. The highest BCUT2D eigenvalue weighted by Gasteiger charge is 2.15. The Balaban J connectivity index is 1.67. The van der Waals surface area contributed by atoms with Gasteiger partial charge in [0, 0.05) is 24.4 Å². The lowest BCUT2D eigenvalue weighted by Crippen LogP contribution is -2.37. The van der Waals surface area contributed by atoms with Crippen molar-refractivity contribution in [2.24, 2.45) is 4.99 Å². The summed E-state index contributed by atoms with van der Waals surface area (Å²) < 4.78 is 2.24. The first kappa shape index (κ1) is 18.8. The van der Waals surface area contributed by atoms with Crippen molar-refractivity contribution in [2.45, 2.75) is 57.6 Å². The molecule has 2 heterocycles. The lowest BCUT2D eigenvalue weighted by atomic mass is 10.1. The van der Waals surface area contributed by atoms with Gasteiger partial charge in [-0.3, -0.25) is 0 Å². The fourth-order valence-corrected chi connectivity index (χ4v) is 3.85. The third-order valence-electron chi connectivity index (χ3n) is 4.54. The fraction of sp³-hybridized carbons (Fsp3) is 0.526. The van der Waals surface area contributed by atoms with Crippen molar-refractivity contribution in [1.29, 1.82) is 0 Å². The molecule has 0 amide bonds. The maximum atomic E-state index is 4.76. The van der Waals surface area contributed by atoms with E-state index in [0.717, 1.165) is 37.1 Å². The molecule has 2 N–H and O–H groups in total. The second-order valence-corrected chi connectivity index (χ2v) is 7.35. The smallest absolute Gasteiger partial charge is 0.191 e. The summed E-state index contributed by atoms with van der Waals surface area (Å²) in [6, 6.07) is 6.54. The van der Waals surface area contributed by atoms with Gasteiger partial charge in [0.1, 0.15) is 5.82 Å². The number of fused-ring (bicyclic) bond motifs is 1. The molecule has 0 unspecified atom stereocenters. The molecule has 6 nitrogen and oxygen atoms in total. The van der Waals surface area contributed by atoms with Gasteiger partial charge in [-0.15, -0.1) is 22.0 Å². The van der Waals surface area contributed by atoms with E-state index in [-0.39, 0.29) is 0 Å². The van der Waals surface area contributed by atoms with E-state index in [1.165, 1.54) is 28.9 Å².